The van der Waals surface area contributed by atoms with Gasteiger partial charge in [-0.1, -0.05) is 30.0 Å². The SMILES string of the molecule is COc1cc(/C=C2\SC(=S)NC2=O)cc(-c2ccc3[nH]ccc3c2)c1OCCN1CCOCC1. The number of rotatable bonds is 7. The predicted octanol–water partition coefficient (Wildman–Crippen LogP) is 4.04. The molecule has 3 aromatic rings. The number of morpholine rings is 1. The van der Waals surface area contributed by atoms with E-state index in [0.29, 0.717) is 27.3 Å². The first-order valence-electron chi connectivity index (χ1n) is 11.1. The molecule has 5 rings (SSSR count). The van der Waals surface area contributed by atoms with E-state index in [1.165, 1.54) is 11.8 Å². The van der Waals surface area contributed by atoms with E-state index in [2.05, 4.69) is 33.4 Å². The van der Waals surface area contributed by atoms with E-state index in [-0.39, 0.29) is 5.91 Å². The van der Waals surface area contributed by atoms with Crippen molar-refractivity contribution in [1.82, 2.24) is 15.2 Å². The topological polar surface area (TPSA) is 75.8 Å². The number of carbonyl (C=O) groups excluding carboxylic acids is 1. The van der Waals surface area contributed by atoms with Gasteiger partial charge in [-0.05, 0) is 52.9 Å². The molecule has 0 bridgehead atoms. The summed E-state index contributed by atoms with van der Waals surface area (Å²) in [4.78, 5) is 18.3. The van der Waals surface area contributed by atoms with Crippen LogP contribution in [0.5, 0.6) is 11.5 Å². The third-order valence-electron chi connectivity index (χ3n) is 5.86. The Morgan fingerprint density at radius 3 is 2.82 bits per heavy atom. The molecular formula is C25H25N3O4S2. The fourth-order valence-corrected chi connectivity index (χ4v) is 5.16. The van der Waals surface area contributed by atoms with Crippen LogP contribution in [0.15, 0.2) is 47.5 Å². The van der Waals surface area contributed by atoms with Crippen LogP contribution in [-0.2, 0) is 9.53 Å². The maximum Gasteiger partial charge on any atom is 0.263 e. The number of amides is 1. The summed E-state index contributed by atoms with van der Waals surface area (Å²) in [7, 11) is 1.63. The molecule has 0 saturated carbocycles. The number of hydrogen-bond donors (Lipinski definition) is 2. The highest BCUT2D eigenvalue weighted by molar-refractivity contribution is 8.26. The second kappa shape index (κ2) is 10.2. The minimum Gasteiger partial charge on any atom is -0.493 e. The zero-order chi connectivity index (χ0) is 23.5. The van der Waals surface area contributed by atoms with Crippen LogP contribution in [0.2, 0.25) is 0 Å². The van der Waals surface area contributed by atoms with E-state index in [1.807, 2.05) is 30.5 Å². The van der Waals surface area contributed by atoms with Crippen molar-refractivity contribution in [2.45, 2.75) is 0 Å². The lowest BCUT2D eigenvalue weighted by Crippen LogP contribution is -2.38. The Labute approximate surface area is 207 Å². The highest BCUT2D eigenvalue weighted by atomic mass is 32.2. The minimum atomic E-state index is -0.185. The van der Waals surface area contributed by atoms with Gasteiger partial charge in [0.2, 0.25) is 0 Å². The maximum absolute atomic E-state index is 12.2. The fraction of sp³-hybridized carbons (Fsp3) is 0.280. The van der Waals surface area contributed by atoms with Crippen molar-refractivity contribution < 1.29 is 19.0 Å². The molecular weight excluding hydrogens is 470 g/mol. The van der Waals surface area contributed by atoms with E-state index < -0.39 is 0 Å². The van der Waals surface area contributed by atoms with E-state index in [4.69, 9.17) is 26.4 Å². The molecule has 2 aromatic carbocycles. The van der Waals surface area contributed by atoms with E-state index in [9.17, 15) is 4.79 Å². The van der Waals surface area contributed by atoms with Gasteiger partial charge < -0.3 is 24.5 Å². The van der Waals surface area contributed by atoms with Crippen LogP contribution in [0, 0.1) is 0 Å². The summed E-state index contributed by atoms with van der Waals surface area (Å²) in [6.07, 6.45) is 3.76. The Morgan fingerprint density at radius 1 is 1.21 bits per heavy atom. The Balaban J connectivity index is 1.52. The van der Waals surface area contributed by atoms with E-state index in [0.717, 1.165) is 60.4 Å². The minimum absolute atomic E-state index is 0.185. The average molecular weight is 496 g/mol. The number of nitrogens with zero attached hydrogens (tertiary/aromatic N) is 1. The van der Waals surface area contributed by atoms with Crippen LogP contribution in [0.1, 0.15) is 5.56 Å². The molecule has 0 aliphatic carbocycles. The number of fused-ring (bicyclic) bond motifs is 1. The molecule has 7 nitrogen and oxygen atoms in total. The van der Waals surface area contributed by atoms with Gasteiger partial charge in [-0.3, -0.25) is 9.69 Å². The summed E-state index contributed by atoms with van der Waals surface area (Å²) < 4.78 is 18.0. The van der Waals surface area contributed by atoms with Gasteiger partial charge in [-0.25, -0.2) is 0 Å². The highest BCUT2D eigenvalue weighted by Crippen LogP contribution is 2.41. The number of aromatic amines is 1. The largest absolute Gasteiger partial charge is 0.493 e. The van der Waals surface area contributed by atoms with Gasteiger partial charge >= 0.3 is 0 Å². The molecule has 2 fully saturated rings. The number of nitrogens with one attached hydrogen (secondary N) is 2. The third kappa shape index (κ3) is 4.97. The zero-order valence-corrected chi connectivity index (χ0v) is 20.4. The van der Waals surface area contributed by atoms with Gasteiger partial charge in [0.05, 0.1) is 25.2 Å². The van der Waals surface area contributed by atoms with E-state index in [1.54, 1.807) is 7.11 Å². The molecule has 176 valence electrons. The van der Waals surface area contributed by atoms with Crippen LogP contribution < -0.4 is 14.8 Å². The van der Waals surface area contributed by atoms with Gasteiger partial charge in [-0.2, -0.15) is 0 Å². The normalized spacial score (nSPS) is 18.0. The number of ether oxygens (including phenoxy) is 3. The summed E-state index contributed by atoms with van der Waals surface area (Å²) in [6, 6.07) is 12.2. The Kier molecular flexibility index (Phi) is 6.87. The molecule has 0 spiro atoms. The monoisotopic (exact) mass is 495 g/mol. The first kappa shape index (κ1) is 22.9. The summed E-state index contributed by atoms with van der Waals surface area (Å²) in [5, 5.41) is 3.77. The van der Waals surface area contributed by atoms with Crippen molar-refractivity contribution in [3.8, 4) is 22.6 Å². The van der Waals surface area contributed by atoms with Gasteiger partial charge in [-0.15, -0.1) is 0 Å². The summed E-state index contributed by atoms with van der Waals surface area (Å²) in [6.45, 7) is 4.66. The van der Waals surface area contributed by atoms with E-state index >= 15 is 0 Å². The highest BCUT2D eigenvalue weighted by Gasteiger charge is 2.23. The summed E-state index contributed by atoms with van der Waals surface area (Å²) in [5.41, 5.74) is 3.81. The van der Waals surface area contributed by atoms with Crippen molar-refractivity contribution >= 4 is 51.2 Å². The van der Waals surface area contributed by atoms with Crippen molar-refractivity contribution in [3.63, 3.8) is 0 Å². The molecule has 1 aromatic heterocycles. The number of hydrogen-bond acceptors (Lipinski definition) is 7. The Hall–Kier alpha value is -2.85. The van der Waals surface area contributed by atoms with Crippen molar-refractivity contribution in [2.75, 3.05) is 46.6 Å². The molecule has 34 heavy (non-hydrogen) atoms. The lowest BCUT2D eigenvalue weighted by atomic mass is 9.99. The van der Waals surface area contributed by atoms with Crippen LogP contribution in [0.4, 0.5) is 0 Å². The Morgan fingerprint density at radius 2 is 2.06 bits per heavy atom. The molecule has 2 aliphatic heterocycles. The van der Waals surface area contributed by atoms with Crippen molar-refractivity contribution in [3.05, 3.63) is 53.1 Å². The summed E-state index contributed by atoms with van der Waals surface area (Å²) >= 11 is 6.39. The number of methoxy groups -OCH3 is 1. The second-order valence-electron chi connectivity index (χ2n) is 8.03. The zero-order valence-electron chi connectivity index (χ0n) is 18.8. The summed E-state index contributed by atoms with van der Waals surface area (Å²) in [5.74, 6) is 1.12. The van der Waals surface area contributed by atoms with Crippen molar-refractivity contribution in [1.29, 1.82) is 0 Å². The first-order chi connectivity index (χ1) is 16.6. The van der Waals surface area contributed by atoms with Gasteiger partial charge in [0.25, 0.3) is 5.91 Å². The smallest absolute Gasteiger partial charge is 0.263 e. The number of carbonyl (C=O) groups is 1. The van der Waals surface area contributed by atoms with Crippen molar-refractivity contribution in [2.24, 2.45) is 0 Å². The number of H-pyrrole nitrogens is 1. The van der Waals surface area contributed by atoms with Crippen LogP contribution >= 0.6 is 24.0 Å². The quantitative estimate of drug-likeness (QED) is 0.378. The molecule has 1 amide bonds. The van der Waals surface area contributed by atoms with Gasteiger partial charge in [0, 0.05) is 36.9 Å². The maximum atomic E-state index is 12.2. The first-order valence-corrected chi connectivity index (χ1v) is 12.3. The standard InChI is InChI=1S/C25H25N3O4S2/c1-30-21-13-16(14-22-24(29)27-25(33)34-22)12-19(17-2-3-20-18(15-17)4-5-26-20)23(21)32-11-8-28-6-9-31-10-7-28/h2-5,12-15,26H,6-11H2,1H3,(H,27,29,33)/b22-14-. The van der Waals surface area contributed by atoms with Crippen LogP contribution in [-0.4, -0.2) is 66.7 Å². The molecule has 0 atom stereocenters. The molecule has 9 heteroatoms. The number of aromatic nitrogens is 1. The van der Waals surface area contributed by atoms with Gasteiger partial charge in [0.1, 0.15) is 10.9 Å². The lowest BCUT2D eigenvalue weighted by molar-refractivity contribution is -0.115. The number of thioether (sulfide) groups is 1. The molecule has 0 unspecified atom stereocenters. The average Bonchev–Trinajstić information content (AvgIpc) is 3.44. The number of thiocarbonyl (C=S) groups is 1. The lowest BCUT2D eigenvalue weighted by Gasteiger charge is -2.26. The second-order valence-corrected chi connectivity index (χ2v) is 9.75. The third-order valence-corrected chi connectivity index (χ3v) is 7.02. The molecule has 2 saturated heterocycles. The van der Waals surface area contributed by atoms with Gasteiger partial charge in [0.15, 0.2) is 11.5 Å². The molecule has 2 aliphatic rings. The fourth-order valence-electron chi connectivity index (χ4n) is 4.12. The molecule has 2 N–H and O–H groups in total. The Bertz CT molecular complexity index is 1260. The van der Waals surface area contributed by atoms with Crippen LogP contribution in [0.3, 0.4) is 0 Å². The number of benzene rings is 2. The van der Waals surface area contributed by atoms with Crippen LogP contribution in [0.25, 0.3) is 28.1 Å². The molecule has 3 heterocycles. The predicted molar refractivity (Wildman–Crippen MR) is 139 cm³/mol. The molecule has 0 radical (unpaired) electrons.